The average molecular weight is 507 g/mol. The van der Waals surface area contributed by atoms with Crippen LogP contribution in [0.5, 0.6) is 11.5 Å². The van der Waals surface area contributed by atoms with Crippen molar-refractivity contribution in [1.29, 1.82) is 0 Å². The number of halogens is 1. The van der Waals surface area contributed by atoms with Crippen LogP contribution in [0, 0.1) is 24.0 Å². The molecule has 0 saturated heterocycles. The fraction of sp³-hybridized carbons (Fsp3) is 0.115. The zero-order valence-electron chi connectivity index (χ0n) is 19.4. The molecule has 0 N–H and O–H groups in total. The van der Waals surface area contributed by atoms with Gasteiger partial charge in [-0.2, -0.15) is 0 Å². The zero-order valence-corrected chi connectivity index (χ0v) is 20.2. The van der Waals surface area contributed by atoms with Crippen LogP contribution in [0.1, 0.15) is 32.6 Å². The fourth-order valence-corrected chi connectivity index (χ4v) is 3.79. The topological polar surface area (TPSA) is 117 Å². The second-order valence-electron chi connectivity index (χ2n) is 7.89. The molecule has 0 fully saturated rings. The quantitative estimate of drug-likeness (QED) is 0.144. The van der Waals surface area contributed by atoms with E-state index in [0.29, 0.717) is 22.3 Å². The molecule has 9 nitrogen and oxygen atoms in total. The third-order valence-electron chi connectivity index (χ3n) is 5.26. The number of aryl methyl sites for hydroxylation is 2. The van der Waals surface area contributed by atoms with E-state index in [1.807, 2.05) is 13.0 Å². The Balaban J connectivity index is 1.62. The summed E-state index contributed by atoms with van der Waals surface area (Å²) in [7, 11) is 1.39. The highest BCUT2D eigenvalue weighted by Crippen LogP contribution is 2.38. The number of carbonyl (C=O) groups excluding carboxylic acids is 2. The number of nitro groups is 1. The molecule has 0 atom stereocenters. The molecule has 0 spiro atoms. The van der Waals surface area contributed by atoms with Gasteiger partial charge in [0.05, 0.1) is 22.6 Å². The highest BCUT2D eigenvalue weighted by molar-refractivity contribution is 6.32. The van der Waals surface area contributed by atoms with Gasteiger partial charge < -0.3 is 14.2 Å². The molecule has 1 heterocycles. The summed E-state index contributed by atoms with van der Waals surface area (Å²) < 4.78 is 16.1. The standard InChI is InChI=1S/C26H19ClN2O7/c1-14-5-4-6-18(9-14)25(30)35-23-19(27)11-16(13-22(23)34-3)12-20-26(31)36-24(28-20)17-7-8-21(29(32)33)15(2)10-17/h4-13H,1-3H3/b20-12-. The molecule has 0 aromatic heterocycles. The molecule has 4 rings (SSSR count). The summed E-state index contributed by atoms with van der Waals surface area (Å²) in [6, 6.07) is 14.2. The molecular formula is C26H19ClN2O7. The number of ether oxygens (including phenoxy) is 3. The third kappa shape index (κ3) is 5.11. The van der Waals surface area contributed by atoms with Crippen LogP contribution in [-0.4, -0.2) is 29.9 Å². The highest BCUT2D eigenvalue weighted by Gasteiger charge is 2.26. The molecule has 0 saturated carbocycles. The molecule has 3 aromatic rings. The Labute approximate surface area is 210 Å². The number of nitrogens with zero attached hydrogens (tertiary/aromatic N) is 2. The van der Waals surface area contributed by atoms with Crippen molar-refractivity contribution >= 4 is 41.2 Å². The van der Waals surface area contributed by atoms with Gasteiger partial charge in [0.2, 0.25) is 5.90 Å². The Kier molecular flexibility index (Phi) is 6.84. The van der Waals surface area contributed by atoms with Crippen molar-refractivity contribution in [3.63, 3.8) is 0 Å². The number of benzene rings is 3. The molecule has 182 valence electrons. The van der Waals surface area contributed by atoms with Gasteiger partial charge in [0, 0.05) is 17.2 Å². The van der Waals surface area contributed by atoms with Crippen molar-refractivity contribution in [3.8, 4) is 11.5 Å². The van der Waals surface area contributed by atoms with Crippen LogP contribution < -0.4 is 9.47 Å². The number of rotatable bonds is 6. The number of carbonyl (C=O) groups is 2. The van der Waals surface area contributed by atoms with Crippen molar-refractivity contribution in [2.75, 3.05) is 7.11 Å². The van der Waals surface area contributed by atoms with Crippen LogP contribution in [0.2, 0.25) is 5.02 Å². The Morgan fingerprint density at radius 1 is 1.14 bits per heavy atom. The molecule has 10 heteroatoms. The van der Waals surface area contributed by atoms with Gasteiger partial charge in [-0.15, -0.1) is 0 Å². The summed E-state index contributed by atoms with van der Waals surface area (Å²) in [5.74, 6) is -1.07. The van der Waals surface area contributed by atoms with Gasteiger partial charge in [0.1, 0.15) is 0 Å². The lowest BCUT2D eigenvalue weighted by atomic mass is 10.1. The van der Waals surface area contributed by atoms with Crippen LogP contribution in [-0.2, 0) is 9.53 Å². The van der Waals surface area contributed by atoms with Gasteiger partial charge in [-0.3, -0.25) is 10.1 Å². The molecule has 0 aliphatic carbocycles. The molecule has 3 aromatic carbocycles. The summed E-state index contributed by atoms with van der Waals surface area (Å²) in [5.41, 5.74) is 2.47. The Morgan fingerprint density at radius 3 is 2.58 bits per heavy atom. The van der Waals surface area contributed by atoms with E-state index < -0.39 is 16.9 Å². The predicted octanol–water partition coefficient (Wildman–Crippen LogP) is 5.44. The van der Waals surface area contributed by atoms with Crippen LogP contribution in [0.25, 0.3) is 6.08 Å². The number of esters is 2. The second-order valence-corrected chi connectivity index (χ2v) is 8.29. The minimum Gasteiger partial charge on any atom is -0.493 e. The molecule has 0 unspecified atom stereocenters. The van der Waals surface area contributed by atoms with E-state index >= 15 is 0 Å². The summed E-state index contributed by atoms with van der Waals surface area (Å²) in [6.45, 7) is 3.44. The van der Waals surface area contributed by atoms with Crippen LogP contribution in [0.15, 0.2) is 65.3 Å². The van der Waals surface area contributed by atoms with Crippen molar-refractivity contribution < 1.29 is 28.7 Å². The lowest BCUT2D eigenvalue weighted by Crippen LogP contribution is -2.10. The van der Waals surface area contributed by atoms with E-state index in [0.717, 1.165) is 5.56 Å². The first-order chi connectivity index (χ1) is 17.2. The Bertz CT molecular complexity index is 1480. The molecule has 0 radical (unpaired) electrons. The van der Waals surface area contributed by atoms with E-state index in [1.165, 1.54) is 43.5 Å². The molecular weight excluding hydrogens is 488 g/mol. The Hall–Kier alpha value is -4.50. The molecule has 0 amide bonds. The van der Waals surface area contributed by atoms with Gasteiger partial charge in [0.25, 0.3) is 5.69 Å². The second kappa shape index (κ2) is 10.0. The van der Waals surface area contributed by atoms with Crippen molar-refractivity contribution in [3.05, 3.63) is 103 Å². The van der Waals surface area contributed by atoms with Gasteiger partial charge in [-0.1, -0.05) is 29.3 Å². The maximum Gasteiger partial charge on any atom is 0.363 e. The first-order valence-corrected chi connectivity index (χ1v) is 11.0. The maximum absolute atomic E-state index is 12.6. The van der Waals surface area contributed by atoms with Gasteiger partial charge >= 0.3 is 11.9 Å². The van der Waals surface area contributed by atoms with Crippen LogP contribution in [0.4, 0.5) is 5.69 Å². The van der Waals surface area contributed by atoms with Crippen LogP contribution >= 0.6 is 11.6 Å². The highest BCUT2D eigenvalue weighted by atomic mass is 35.5. The molecule has 0 bridgehead atoms. The van der Waals surface area contributed by atoms with Gasteiger partial charge in [0.15, 0.2) is 17.2 Å². The lowest BCUT2D eigenvalue weighted by Gasteiger charge is -2.12. The van der Waals surface area contributed by atoms with Crippen molar-refractivity contribution in [2.45, 2.75) is 13.8 Å². The fourth-order valence-electron chi connectivity index (χ4n) is 3.53. The van der Waals surface area contributed by atoms with E-state index in [2.05, 4.69) is 4.99 Å². The van der Waals surface area contributed by atoms with Crippen LogP contribution in [0.3, 0.4) is 0 Å². The smallest absolute Gasteiger partial charge is 0.363 e. The minimum absolute atomic E-state index is 0.0105. The van der Waals surface area contributed by atoms with Crippen molar-refractivity contribution in [2.24, 2.45) is 4.99 Å². The monoisotopic (exact) mass is 506 g/mol. The van der Waals surface area contributed by atoms with E-state index in [1.54, 1.807) is 25.1 Å². The van der Waals surface area contributed by atoms with Crippen molar-refractivity contribution in [1.82, 2.24) is 0 Å². The third-order valence-corrected chi connectivity index (χ3v) is 5.55. The van der Waals surface area contributed by atoms with E-state index in [4.69, 9.17) is 25.8 Å². The molecule has 36 heavy (non-hydrogen) atoms. The largest absolute Gasteiger partial charge is 0.493 e. The van der Waals surface area contributed by atoms with Gasteiger partial charge in [-0.05, 0) is 61.9 Å². The minimum atomic E-state index is -0.703. The zero-order chi connectivity index (χ0) is 26.0. The Morgan fingerprint density at radius 2 is 1.92 bits per heavy atom. The molecule has 1 aliphatic rings. The SMILES string of the molecule is COc1cc(/C=C2\N=C(c3ccc([N+](=O)[O-])c(C)c3)OC2=O)cc(Cl)c1OC(=O)c1cccc(C)c1. The summed E-state index contributed by atoms with van der Waals surface area (Å²) in [4.78, 5) is 39.8. The lowest BCUT2D eigenvalue weighted by molar-refractivity contribution is -0.385. The average Bonchev–Trinajstić information content (AvgIpc) is 3.20. The number of nitro benzene ring substituents is 1. The number of hydrogen-bond acceptors (Lipinski definition) is 8. The molecule has 1 aliphatic heterocycles. The number of aliphatic imine (C=N–C) groups is 1. The summed E-state index contributed by atoms with van der Waals surface area (Å²) in [5, 5.41) is 11.1. The number of methoxy groups -OCH3 is 1. The van der Waals surface area contributed by atoms with E-state index in [-0.39, 0.29) is 33.8 Å². The first-order valence-electron chi connectivity index (χ1n) is 10.6. The summed E-state index contributed by atoms with van der Waals surface area (Å²) in [6.07, 6.45) is 1.44. The predicted molar refractivity (Wildman–Crippen MR) is 133 cm³/mol. The maximum atomic E-state index is 12.6. The number of hydrogen-bond donors (Lipinski definition) is 0. The first kappa shape index (κ1) is 24.6. The van der Waals surface area contributed by atoms with E-state index in [9.17, 15) is 19.7 Å². The van der Waals surface area contributed by atoms with Gasteiger partial charge in [-0.25, -0.2) is 14.6 Å². The normalized spacial score (nSPS) is 13.8. The summed E-state index contributed by atoms with van der Waals surface area (Å²) >= 11 is 6.39. The number of cyclic esters (lactones) is 1.